The SMILES string of the molecule is Cc1ccc(C(=O)Nc2c(S(=O)(=O)O)cc3ccccc3c2O)cc1N. The highest BCUT2D eigenvalue weighted by molar-refractivity contribution is 7.86. The highest BCUT2D eigenvalue weighted by atomic mass is 32.2. The Kier molecular flexibility index (Phi) is 4.31. The second-order valence-electron chi connectivity index (χ2n) is 5.82. The number of nitrogens with two attached hydrogens (primary N) is 1. The molecule has 0 aliphatic heterocycles. The number of fused-ring (bicyclic) bond motifs is 1. The number of nitrogens with one attached hydrogen (secondary N) is 1. The molecule has 0 spiro atoms. The van der Waals surface area contributed by atoms with Crippen LogP contribution in [0.25, 0.3) is 10.8 Å². The molecule has 0 fully saturated rings. The quantitative estimate of drug-likeness (QED) is 0.318. The van der Waals surface area contributed by atoms with Gasteiger partial charge in [0.1, 0.15) is 16.3 Å². The number of phenolic OH excluding ortho intramolecular Hbond substituents is 1. The Labute approximate surface area is 149 Å². The van der Waals surface area contributed by atoms with Crippen LogP contribution in [-0.2, 0) is 10.1 Å². The van der Waals surface area contributed by atoms with Gasteiger partial charge in [-0.05, 0) is 36.1 Å². The first kappa shape index (κ1) is 17.7. The van der Waals surface area contributed by atoms with Gasteiger partial charge in [0.15, 0.2) is 0 Å². The van der Waals surface area contributed by atoms with Gasteiger partial charge in [-0.15, -0.1) is 0 Å². The fourth-order valence-electron chi connectivity index (χ4n) is 2.59. The number of rotatable bonds is 3. The summed E-state index contributed by atoms with van der Waals surface area (Å²) >= 11 is 0. The maximum Gasteiger partial charge on any atom is 0.296 e. The van der Waals surface area contributed by atoms with E-state index in [1.807, 2.05) is 0 Å². The fraction of sp³-hybridized carbons (Fsp3) is 0.0556. The van der Waals surface area contributed by atoms with Gasteiger partial charge >= 0.3 is 0 Å². The molecule has 5 N–H and O–H groups in total. The normalized spacial score (nSPS) is 11.5. The van der Waals surface area contributed by atoms with Crippen LogP contribution in [0.5, 0.6) is 5.75 Å². The molecule has 1 amide bonds. The number of amides is 1. The molecule has 3 rings (SSSR count). The zero-order chi connectivity index (χ0) is 19.1. The maximum absolute atomic E-state index is 12.5. The van der Waals surface area contributed by atoms with Crippen LogP contribution in [0.4, 0.5) is 11.4 Å². The van der Waals surface area contributed by atoms with Crippen LogP contribution in [0.15, 0.2) is 53.4 Å². The molecule has 0 saturated carbocycles. The molecule has 0 aliphatic carbocycles. The molecule has 0 radical (unpaired) electrons. The van der Waals surface area contributed by atoms with Gasteiger partial charge in [-0.1, -0.05) is 30.3 Å². The second kappa shape index (κ2) is 6.32. The first-order valence-electron chi connectivity index (χ1n) is 7.58. The van der Waals surface area contributed by atoms with Gasteiger partial charge in [-0.3, -0.25) is 9.35 Å². The molecule has 0 aliphatic rings. The molecule has 0 bridgehead atoms. The van der Waals surface area contributed by atoms with E-state index < -0.39 is 32.4 Å². The lowest BCUT2D eigenvalue weighted by Crippen LogP contribution is -2.15. The van der Waals surface area contributed by atoms with Crippen LogP contribution in [0, 0.1) is 6.92 Å². The molecule has 0 heterocycles. The molecule has 3 aromatic rings. The number of aromatic hydroxyl groups is 1. The van der Waals surface area contributed by atoms with Crippen molar-refractivity contribution in [2.75, 3.05) is 11.1 Å². The van der Waals surface area contributed by atoms with Crippen LogP contribution in [0.3, 0.4) is 0 Å². The molecule has 0 atom stereocenters. The highest BCUT2D eigenvalue weighted by Crippen LogP contribution is 2.38. The predicted molar refractivity (Wildman–Crippen MR) is 99.0 cm³/mol. The Balaban J connectivity index is 2.15. The topological polar surface area (TPSA) is 130 Å². The average molecular weight is 372 g/mol. The summed E-state index contributed by atoms with van der Waals surface area (Å²) in [6, 6.07) is 12.2. The summed E-state index contributed by atoms with van der Waals surface area (Å²) in [5.74, 6) is -1.13. The monoisotopic (exact) mass is 372 g/mol. The van der Waals surface area contributed by atoms with Crippen molar-refractivity contribution in [3.63, 3.8) is 0 Å². The molecule has 134 valence electrons. The van der Waals surface area contributed by atoms with Crippen LogP contribution in [-0.4, -0.2) is 24.0 Å². The summed E-state index contributed by atoms with van der Waals surface area (Å²) in [5.41, 5.74) is 6.76. The summed E-state index contributed by atoms with van der Waals surface area (Å²) in [7, 11) is -4.69. The van der Waals surface area contributed by atoms with Gasteiger partial charge in [0, 0.05) is 16.6 Å². The van der Waals surface area contributed by atoms with Crippen molar-refractivity contribution < 1.29 is 22.9 Å². The summed E-state index contributed by atoms with van der Waals surface area (Å²) < 4.78 is 33.0. The standard InChI is InChI=1S/C18H16N2O5S/c1-10-6-7-12(8-14(10)19)18(22)20-16-15(26(23,24)25)9-11-4-2-3-5-13(11)17(16)21/h2-9,21H,19H2,1H3,(H,20,22)(H,23,24,25). The third-order valence-corrected chi connectivity index (χ3v) is 4.92. The summed E-state index contributed by atoms with van der Waals surface area (Å²) in [6.07, 6.45) is 0. The van der Waals surface area contributed by atoms with E-state index in [1.165, 1.54) is 18.2 Å². The van der Waals surface area contributed by atoms with Gasteiger partial charge < -0.3 is 16.2 Å². The van der Waals surface area contributed by atoms with E-state index in [1.54, 1.807) is 37.3 Å². The molecule has 0 saturated heterocycles. The minimum Gasteiger partial charge on any atom is -0.505 e. The van der Waals surface area contributed by atoms with Gasteiger partial charge in [-0.25, -0.2) is 0 Å². The number of carbonyl (C=O) groups excluding carboxylic acids is 1. The first-order chi connectivity index (χ1) is 12.2. The Morgan fingerprint density at radius 2 is 1.81 bits per heavy atom. The number of hydrogen-bond donors (Lipinski definition) is 4. The molecule has 0 unspecified atom stereocenters. The van der Waals surface area contributed by atoms with Crippen LogP contribution in [0.1, 0.15) is 15.9 Å². The van der Waals surface area contributed by atoms with Crippen molar-refractivity contribution >= 4 is 38.2 Å². The molecule has 0 aromatic heterocycles. The number of hydrogen-bond acceptors (Lipinski definition) is 5. The zero-order valence-electron chi connectivity index (χ0n) is 13.7. The molecule has 26 heavy (non-hydrogen) atoms. The van der Waals surface area contributed by atoms with Gasteiger partial charge in [0.25, 0.3) is 16.0 Å². The molecular weight excluding hydrogens is 356 g/mol. The molecule has 7 nitrogen and oxygen atoms in total. The summed E-state index contributed by atoms with van der Waals surface area (Å²) in [4.78, 5) is 11.9. The molecule has 3 aromatic carbocycles. The minimum atomic E-state index is -4.69. The lowest BCUT2D eigenvalue weighted by atomic mass is 10.1. The Hall–Kier alpha value is -3.10. The van der Waals surface area contributed by atoms with E-state index in [0.29, 0.717) is 16.5 Å². The summed E-state index contributed by atoms with van der Waals surface area (Å²) in [6.45, 7) is 1.78. The fourth-order valence-corrected chi connectivity index (χ4v) is 3.28. The largest absolute Gasteiger partial charge is 0.505 e. The number of phenols is 1. The number of aryl methyl sites for hydroxylation is 1. The lowest BCUT2D eigenvalue weighted by Gasteiger charge is -2.14. The first-order valence-corrected chi connectivity index (χ1v) is 9.02. The van der Waals surface area contributed by atoms with E-state index in [9.17, 15) is 22.9 Å². The zero-order valence-corrected chi connectivity index (χ0v) is 14.5. The van der Waals surface area contributed by atoms with Crippen molar-refractivity contribution in [3.8, 4) is 5.75 Å². The third kappa shape index (κ3) is 3.19. The third-order valence-electron chi connectivity index (χ3n) is 4.04. The average Bonchev–Trinajstić information content (AvgIpc) is 2.58. The Morgan fingerprint density at radius 1 is 1.12 bits per heavy atom. The van der Waals surface area contributed by atoms with Crippen LogP contribution in [0.2, 0.25) is 0 Å². The van der Waals surface area contributed by atoms with Crippen molar-refractivity contribution in [1.82, 2.24) is 0 Å². The maximum atomic E-state index is 12.5. The van der Waals surface area contributed by atoms with Gasteiger partial charge in [0.05, 0.1) is 0 Å². The van der Waals surface area contributed by atoms with Crippen LogP contribution < -0.4 is 11.1 Å². The smallest absolute Gasteiger partial charge is 0.296 e. The van der Waals surface area contributed by atoms with E-state index >= 15 is 0 Å². The minimum absolute atomic E-state index is 0.182. The summed E-state index contributed by atoms with van der Waals surface area (Å²) in [5, 5.41) is 13.6. The van der Waals surface area contributed by atoms with E-state index in [2.05, 4.69) is 5.32 Å². The van der Waals surface area contributed by atoms with Crippen molar-refractivity contribution in [2.45, 2.75) is 11.8 Å². The number of carbonyl (C=O) groups is 1. The van der Waals surface area contributed by atoms with E-state index in [0.717, 1.165) is 5.56 Å². The Morgan fingerprint density at radius 3 is 2.46 bits per heavy atom. The lowest BCUT2D eigenvalue weighted by molar-refractivity contribution is 0.102. The van der Waals surface area contributed by atoms with E-state index in [4.69, 9.17) is 5.73 Å². The molecule has 8 heteroatoms. The second-order valence-corrected chi connectivity index (χ2v) is 7.21. The van der Waals surface area contributed by atoms with Gasteiger partial charge in [0.2, 0.25) is 0 Å². The van der Waals surface area contributed by atoms with Crippen molar-refractivity contribution in [2.24, 2.45) is 0 Å². The van der Waals surface area contributed by atoms with Crippen LogP contribution >= 0.6 is 0 Å². The highest BCUT2D eigenvalue weighted by Gasteiger charge is 2.23. The van der Waals surface area contributed by atoms with Crippen molar-refractivity contribution in [1.29, 1.82) is 0 Å². The van der Waals surface area contributed by atoms with E-state index in [-0.39, 0.29) is 5.56 Å². The Bertz CT molecular complexity index is 1140. The number of nitrogen functional groups attached to an aromatic ring is 1. The predicted octanol–water partition coefficient (Wildman–Crippen LogP) is 2.94. The molecular formula is C18H16N2O5S. The van der Waals surface area contributed by atoms with Gasteiger partial charge in [-0.2, -0.15) is 8.42 Å². The number of benzene rings is 3. The van der Waals surface area contributed by atoms with Crippen molar-refractivity contribution in [3.05, 3.63) is 59.7 Å². The number of anilines is 2.